The van der Waals surface area contributed by atoms with Crippen molar-refractivity contribution in [2.45, 2.75) is 13.8 Å². The quantitative estimate of drug-likeness (QED) is 0.658. The van der Waals surface area contributed by atoms with E-state index in [0.717, 1.165) is 0 Å². The van der Waals surface area contributed by atoms with Crippen LogP contribution < -0.4 is 0 Å². The fourth-order valence-corrected chi connectivity index (χ4v) is 1.31. The molecule has 0 fully saturated rings. The molecule has 0 radical (unpaired) electrons. The molecule has 1 heteroatoms. The molecule has 0 amide bonds. The van der Waals surface area contributed by atoms with Crippen molar-refractivity contribution in [1.29, 1.82) is 0 Å². The molecule has 0 saturated carbocycles. The van der Waals surface area contributed by atoms with Crippen molar-refractivity contribution in [3.63, 3.8) is 0 Å². The highest BCUT2D eigenvalue weighted by molar-refractivity contribution is 5.65. The van der Waals surface area contributed by atoms with Crippen LogP contribution in [0.4, 0.5) is 0 Å². The van der Waals surface area contributed by atoms with Gasteiger partial charge >= 0.3 is 0 Å². The summed E-state index contributed by atoms with van der Waals surface area (Å²) in [4.78, 5) is 0. The van der Waals surface area contributed by atoms with E-state index in [2.05, 4.69) is 31.2 Å². The minimum Gasteiger partial charge on any atom is -0.504 e. The fourth-order valence-electron chi connectivity index (χ4n) is 1.31. The number of hydrogen-bond donors (Lipinski definition) is 0. The van der Waals surface area contributed by atoms with Crippen molar-refractivity contribution in [2.24, 2.45) is 0 Å². The van der Waals surface area contributed by atoms with Crippen LogP contribution in [0.2, 0.25) is 0 Å². The van der Waals surface area contributed by atoms with Gasteiger partial charge in [0, 0.05) is 0 Å². The second-order valence-electron chi connectivity index (χ2n) is 3.17. The molecule has 0 aliphatic heterocycles. The van der Waals surface area contributed by atoms with Gasteiger partial charge < -0.3 is 4.74 Å². The number of methoxy groups -OCH3 is 1. The van der Waals surface area contributed by atoms with Crippen LogP contribution in [0.1, 0.15) is 23.6 Å². The van der Waals surface area contributed by atoms with Gasteiger partial charge in [-0.25, -0.2) is 0 Å². The van der Waals surface area contributed by atoms with Crippen LogP contribution in [0.3, 0.4) is 0 Å². The van der Waals surface area contributed by atoms with E-state index in [1.54, 1.807) is 13.4 Å². The molecule has 1 aromatic carbocycles. The molecule has 0 heterocycles. The monoisotopic (exact) mass is 188 g/mol. The Balaban J connectivity index is 3.08. The molecule has 0 atom stereocenters. The van der Waals surface area contributed by atoms with Crippen LogP contribution in [0, 0.1) is 6.92 Å². The number of benzene rings is 1. The predicted molar refractivity (Wildman–Crippen MR) is 61.9 cm³/mol. The maximum Gasteiger partial charge on any atom is 0.0830 e. The van der Waals surface area contributed by atoms with Gasteiger partial charge in [-0.05, 0) is 31.1 Å². The van der Waals surface area contributed by atoms with Crippen molar-refractivity contribution in [3.05, 3.63) is 47.2 Å². The van der Waals surface area contributed by atoms with Crippen molar-refractivity contribution in [2.75, 3.05) is 7.11 Å². The minimum atomic E-state index is 1.18. The Morgan fingerprint density at radius 3 is 2.57 bits per heavy atom. The lowest BCUT2D eigenvalue weighted by Gasteiger charge is -2.02. The third-order valence-corrected chi connectivity index (χ3v) is 1.97. The van der Waals surface area contributed by atoms with Gasteiger partial charge in [0.2, 0.25) is 0 Å². The van der Waals surface area contributed by atoms with E-state index in [-0.39, 0.29) is 0 Å². The first kappa shape index (κ1) is 10.6. The average Bonchev–Trinajstić information content (AvgIpc) is 2.17. The number of aryl methyl sites for hydroxylation is 1. The van der Waals surface area contributed by atoms with Crippen LogP contribution in [0.25, 0.3) is 12.2 Å². The van der Waals surface area contributed by atoms with Crippen LogP contribution in [0.5, 0.6) is 0 Å². The number of allylic oxidation sites excluding steroid dienone is 1. The molecule has 0 N–H and O–H groups in total. The van der Waals surface area contributed by atoms with E-state index < -0.39 is 0 Å². The second kappa shape index (κ2) is 5.28. The van der Waals surface area contributed by atoms with Gasteiger partial charge in [-0.15, -0.1) is 0 Å². The fraction of sp³-hybridized carbons (Fsp3) is 0.231. The maximum atomic E-state index is 4.90. The van der Waals surface area contributed by atoms with E-state index in [1.165, 1.54) is 16.7 Å². The number of rotatable bonds is 3. The predicted octanol–water partition coefficient (Wildman–Crippen LogP) is 3.65. The third-order valence-electron chi connectivity index (χ3n) is 1.97. The highest BCUT2D eigenvalue weighted by Gasteiger charge is 1.95. The largest absolute Gasteiger partial charge is 0.504 e. The summed E-state index contributed by atoms with van der Waals surface area (Å²) in [5.41, 5.74) is 3.67. The SMILES string of the molecule is C/C=C\c1cc(C)ccc1/C=C/OC. The van der Waals surface area contributed by atoms with Gasteiger partial charge in [-0.3, -0.25) is 0 Å². The summed E-state index contributed by atoms with van der Waals surface area (Å²) in [5.74, 6) is 0. The Morgan fingerprint density at radius 1 is 1.14 bits per heavy atom. The molecular formula is C13H16O. The van der Waals surface area contributed by atoms with E-state index in [1.807, 2.05) is 19.1 Å². The molecular weight excluding hydrogens is 172 g/mol. The molecule has 0 aliphatic carbocycles. The van der Waals surface area contributed by atoms with Crippen molar-refractivity contribution in [1.82, 2.24) is 0 Å². The summed E-state index contributed by atoms with van der Waals surface area (Å²) in [7, 11) is 1.65. The molecule has 0 unspecified atom stereocenters. The molecule has 1 nitrogen and oxygen atoms in total. The summed E-state index contributed by atoms with van der Waals surface area (Å²) in [6.07, 6.45) is 7.80. The highest BCUT2D eigenvalue weighted by atomic mass is 16.5. The zero-order chi connectivity index (χ0) is 10.4. The molecule has 0 bridgehead atoms. The molecule has 1 rings (SSSR count). The topological polar surface area (TPSA) is 9.23 Å². The summed E-state index contributed by atoms with van der Waals surface area (Å²) in [6.45, 7) is 4.11. The first-order valence-corrected chi connectivity index (χ1v) is 4.70. The zero-order valence-corrected chi connectivity index (χ0v) is 8.95. The van der Waals surface area contributed by atoms with Crippen molar-refractivity contribution < 1.29 is 4.74 Å². The molecule has 0 aliphatic rings. The van der Waals surface area contributed by atoms with Crippen LogP contribution in [-0.2, 0) is 4.74 Å². The normalized spacial score (nSPS) is 11.4. The summed E-state index contributed by atoms with van der Waals surface area (Å²) < 4.78 is 4.90. The van der Waals surface area contributed by atoms with Gasteiger partial charge in [0.1, 0.15) is 0 Å². The van der Waals surface area contributed by atoms with E-state index in [9.17, 15) is 0 Å². The lowest BCUT2D eigenvalue weighted by atomic mass is 10.0. The van der Waals surface area contributed by atoms with E-state index in [4.69, 9.17) is 4.74 Å². The first-order chi connectivity index (χ1) is 6.77. The zero-order valence-electron chi connectivity index (χ0n) is 8.95. The maximum absolute atomic E-state index is 4.90. The third kappa shape index (κ3) is 2.77. The lowest BCUT2D eigenvalue weighted by molar-refractivity contribution is 0.341. The lowest BCUT2D eigenvalue weighted by Crippen LogP contribution is -1.82. The van der Waals surface area contributed by atoms with Gasteiger partial charge in [0.25, 0.3) is 0 Å². The summed E-state index contributed by atoms with van der Waals surface area (Å²) in [6, 6.07) is 6.36. The number of ether oxygens (including phenoxy) is 1. The summed E-state index contributed by atoms with van der Waals surface area (Å²) in [5, 5.41) is 0. The molecule has 14 heavy (non-hydrogen) atoms. The van der Waals surface area contributed by atoms with Crippen LogP contribution in [0.15, 0.2) is 30.5 Å². The minimum absolute atomic E-state index is 1.18. The van der Waals surface area contributed by atoms with Crippen LogP contribution in [-0.4, -0.2) is 7.11 Å². The Bertz CT molecular complexity index is 348. The Hall–Kier alpha value is -1.50. The van der Waals surface area contributed by atoms with Gasteiger partial charge in [-0.1, -0.05) is 35.9 Å². The van der Waals surface area contributed by atoms with Gasteiger partial charge in [-0.2, -0.15) is 0 Å². The van der Waals surface area contributed by atoms with Gasteiger partial charge in [0.05, 0.1) is 13.4 Å². The van der Waals surface area contributed by atoms with E-state index >= 15 is 0 Å². The molecule has 74 valence electrons. The number of hydrogen-bond acceptors (Lipinski definition) is 1. The van der Waals surface area contributed by atoms with Crippen LogP contribution >= 0.6 is 0 Å². The summed E-state index contributed by atoms with van der Waals surface area (Å²) >= 11 is 0. The Kier molecular flexibility index (Phi) is 3.99. The smallest absolute Gasteiger partial charge is 0.0830 e. The van der Waals surface area contributed by atoms with Crippen molar-refractivity contribution >= 4 is 12.2 Å². The Morgan fingerprint density at radius 2 is 1.93 bits per heavy atom. The molecule has 0 spiro atoms. The van der Waals surface area contributed by atoms with Crippen molar-refractivity contribution in [3.8, 4) is 0 Å². The molecule has 0 saturated heterocycles. The highest BCUT2D eigenvalue weighted by Crippen LogP contribution is 2.15. The average molecular weight is 188 g/mol. The second-order valence-corrected chi connectivity index (χ2v) is 3.17. The Labute approximate surface area is 85.7 Å². The van der Waals surface area contributed by atoms with Gasteiger partial charge in [0.15, 0.2) is 0 Å². The van der Waals surface area contributed by atoms with E-state index in [0.29, 0.717) is 0 Å². The standard InChI is InChI=1S/C13H16O/c1-4-5-13-10-11(2)6-7-12(13)8-9-14-3/h4-10H,1-3H3/b5-4-,9-8+. The molecule has 0 aromatic heterocycles. The molecule has 1 aromatic rings. The first-order valence-electron chi connectivity index (χ1n) is 4.70.